The molecule has 1 atom stereocenters. The second-order valence-electron chi connectivity index (χ2n) is 5.67. The summed E-state index contributed by atoms with van der Waals surface area (Å²) >= 11 is 0. The summed E-state index contributed by atoms with van der Waals surface area (Å²) in [5.41, 5.74) is 1.75. The van der Waals surface area contributed by atoms with E-state index in [0.717, 1.165) is 31.9 Å². The van der Waals surface area contributed by atoms with Gasteiger partial charge in [-0.25, -0.2) is 0 Å². The van der Waals surface area contributed by atoms with Gasteiger partial charge in [-0.2, -0.15) is 0 Å². The van der Waals surface area contributed by atoms with E-state index < -0.39 is 0 Å². The second kappa shape index (κ2) is 7.29. The fourth-order valence-electron chi connectivity index (χ4n) is 2.32. The van der Waals surface area contributed by atoms with Gasteiger partial charge in [0.2, 0.25) is 0 Å². The summed E-state index contributed by atoms with van der Waals surface area (Å²) in [6.45, 7) is 6.59. The zero-order valence-electron chi connectivity index (χ0n) is 12.3. The van der Waals surface area contributed by atoms with Crippen molar-refractivity contribution in [2.75, 3.05) is 25.1 Å². The highest BCUT2D eigenvalue weighted by Crippen LogP contribution is 2.15. The Kier molecular flexibility index (Phi) is 5.41. The van der Waals surface area contributed by atoms with Crippen molar-refractivity contribution in [1.82, 2.24) is 5.32 Å². The third-order valence-corrected chi connectivity index (χ3v) is 3.42. The molecule has 0 saturated carbocycles. The standard InChI is InChI=1S/C16H24N2O2/c1-12(2)18-16(19)14-5-7-15(8-6-14)17-10-13-4-3-9-20-11-13/h5-8,12-13,17H,3-4,9-11H2,1-2H3,(H,18,19). The lowest BCUT2D eigenvalue weighted by Gasteiger charge is -2.22. The first-order valence-electron chi connectivity index (χ1n) is 7.37. The Morgan fingerprint density at radius 2 is 2.10 bits per heavy atom. The fraction of sp³-hybridized carbons (Fsp3) is 0.562. The van der Waals surface area contributed by atoms with Gasteiger partial charge in [0.05, 0.1) is 6.61 Å². The molecule has 0 aliphatic carbocycles. The molecule has 4 heteroatoms. The fourth-order valence-corrected chi connectivity index (χ4v) is 2.32. The van der Waals surface area contributed by atoms with Gasteiger partial charge in [-0.15, -0.1) is 0 Å². The Morgan fingerprint density at radius 3 is 2.70 bits per heavy atom. The van der Waals surface area contributed by atoms with Crippen molar-refractivity contribution in [1.29, 1.82) is 0 Å². The lowest BCUT2D eigenvalue weighted by Crippen LogP contribution is -2.30. The van der Waals surface area contributed by atoms with E-state index in [2.05, 4.69) is 10.6 Å². The van der Waals surface area contributed by atoms with Crippen LogP contribution in [0.2, 0.25) is 0 Å². The molecule has 1 aliphatic rings. The molecular formula is C16H24N2O2. The van der Waals surface area contributed by atoms with Crippen molar-refractivity contribution in [2.45, 2.75) is 32.7 Å². The highest BCUT2D eigenvalue weighted by atomic mass is 16.5. The van der Waals surface area contributed by atoms with Crippen molar-refractivity contribution in [3.8, 4) is 0 Å². The zero-order valence-corrected chi connectivity index (χ0v) is 12.3. The molecule has 1 heterocycles. The lowest BCUT2D eigenvalue weighted by molar-refractivity contribution is 0.0595. The van der Waals surface area contributed by atoms with Crippen molar-refractivity contribution < 1.29 is 9.53 Å². The van der Waals surface area contributed by atoms with Crippen LogP contribution in [0.5, 0.6) is 0 Å². The Balaban J connectivity index is 1.83. The predicted molar refractivity (Wildman–Crippen MR) is 81.1 cm³/mol. The zero-order chi connectivity index (χ0) is 14.4. The third-order valence-electron chi connectivity index (χ3n) is 3.42. The van der Waals surface area contributed by atoms with Gasteiger partial charge in [-0.05, 0) is 56.9 Å². The van der Waals surface area contributed by atoms with Gasteiger partial charge in [0.15, 0.2) is 0 Å². The van der Waals surface area contributed by atoms with E-state index >= 15 is 0 Å². The Hall–Kier alpha value is -1.55. The van der Waals surface area contributed by atoms with E-state index in [-0.39, 0.29) is 11.9 Å². The Labute approximate surface area is 120 Å². The molecule has 1 aromatic carbocycles. The maximum Gasteiger partial charge on any atom is 0.251 e. The van der Waals surface area contributed by atoms with Gasteiger partial charge in [0.1, 0.15) is 0 Å². The molecule has 2 N–H and O–H groups in total. The number of amides is 1. The van der Waals surface area contributed by atoms with Crippen LogP contribution in [-0.2, 0) is 4.74 Å². The number of hydrogen-bond donors (Lipinski definition) is 2. The molecule has 0 spiro atoms. The minimum absolute atomic E-state index is 0.0211. The monoisotopic (exact) mass is 276 g/mol. The van der Waals surface area contributed by atoms with Crippen LogP contribution in [0.1, 0.15) is 37.0 Å². The normalized spacial score (nSPS) is 18.9. The first-order chi connectivity index (χ1) is 9.65. The third kappa shape index (κ3) is 4.53. The van der Waals surface area contributed by atoms with E-state index in [1.165, 1.54) is 6.42 Å². The maximum atomic E-state index is 11.8. The number of hydrogen-bond acceptors (Lipinski definition) is 3. The highest BCUT2D eigenvalue weighted by molar-refractivity contribution is 5.94. The molecule has 2 rings (SSSR count). The molecule has 1 amide bonds. The van der Waals surface area contributed by atoms with E-state index in [9.17, 15) is 4.79 Å². The Bertz CT molecular complexity index is 423. The Morgan fingerprint density at radius 1 is 1.35 bits per heavy atom. The first-order valence-corrected chi connectivity index (χ1v) is 7.37. The van der Waals surface area contributed by atoms with E-state index in [1.807, 2.05) is 38.1 Å². The van der Waals surface area contributed by atoms with Gasteiger partial charge >= 0.3 is 0 Å². The second-order valence-corrected chi connectivity index (χ2v) is 5.67. The maximum absolute atomic E-state index is 11.8. The summed E-state index contributed by atoms with van der Waals surface area (Å²) in [4.78, 5) is 11.8. The summed E-state index contributed by atoms with van der Waals surface area (Å²) in [6, 6.07) is 7.79. The van der Waals surface area contributed by atoms with Crippen molar-refractivity contribution >= 4 is 11.6 Å². The minimum Gasteiger partial charge on any atom is -0.385 e. The summed E-state index contributed by atoms with van der Waals surface area (Å²) in [5.74, 6) is 0.569. The quantitative estimate of drug-likeness (QED) is 0.869. The SMILES string of the molecule is CC(C)NC(=O)c1ccc(NCC2CCCOC2)cc1. The number of anilines is 1. The van der Waals surface area contributed by atoms with Crippen molar-refractivity contribution in [3.05, 3.63) is 29.8 Å². The van der Waals surface area contributed by atoms with E-state index in [0.29, 0.717) is 11.5 Å². The smallest absolute Gasteiger partial charge is 0.251 e. The van der Waals surface area contributed by atoms with Crippen LogP contribution in [0.25, 0.3) is 0 Å². The average molecular weight is 276 g/mol. The van der Waals surface area contributed by atoms with E-state index in [1.54, 1.807) is 0 Å². The number of rotatable bonds is 5. The van der Waals surface area contributed by atoms with Gasteiger partial charge in [-0.3, -0.25) is 4.79 Å². The van der Waals surface area contributed by atoms with Crippen LogP contribution in [0.4, 0.5) is 5.69 Å². The highest BCUT2D eigenvalue weighted by Gasteiger charge is 2.13. The van der Waals surface area contributed by atoms with Crippen LogP contribution in [0.3, 0.4) is 0 Å². The van der Waals surface area contributed by atoms with Gasteiger partial charge < -0.3 is 15.4 Å². The summed E-state index contributed by atoms with van der Waals surface area (Å²) in [7, 11) is 0. The van der Waals surface area contributed by atoms with Crippen LogP contribution < -0.4 is 10.6 Å². The lowest BCUT2D eigenvalue weighted by atomic mass is 10.0. The van der Waals surface area contributed by atoms with Crippen LogP contribution in [-0.4, -0.2) is 31.7 Å². The largest absolute Gasteiger partial charge is 0.385 e. The topological polar surface area (TPSA) is 50.4 Å². The first kappa shape index (κ1) is 14.9. The number of carbonyl (C=O) groups is 1. The molecule has 20 heavy (non-hydrogen) atoms. The summed E-state index contributed by atoms with van der Waals surface area (Å²) in [5, 5.41) is 6.30. The molecule has 1 aliphatic heterocycles. The molecule has 0 aromatic heterocycles. The van der Waals surface area contributed by atoms with Crippen molar-refractivity contribution in [3.63, 3.8) is 0 Å². The van der Waals surface area contributed by atoms with Gasteiger partial charge in [0.25, 0.3) is 5.91 Å². The molecule has 1 fully saturated rings. The van der Waals surface area contributed by atoms with Gasteiger partial charge in [0, 0.05) is 30.4 Å². The summed E-state index contributed by atoms with van der Waals surface area (Å²) < 4.78 is 5.47. The predicted octanol–water partition coefficient (Wildman–Crippen LogP) is 2.66. The molecule has 1 saturated heterocycles. The summed E-state index contributed by atoms with van der Waals surface area (Å²) in [6.07, 6.45) is 2.38. The number of benzene rings is 1. The average Bonchev–Trinajstić information content (AvgIpc) is 2.46. The number of nitrogens with one attached hydrogen (secondary N) is 2. The molecular weight excluding hydrogens is 252 g/mol. The van der Waals surface area contributed by atoms with Crippen LogP contribution in [0.15, 0.2) is 24.3 Å². The molecule has 1 unspecified atom stereocenters. The minimum atomic E-state index is -0.0211. The number of carbonyl (C=O) groups excluding carboxylic acids is 1. The molecule has 0 radical (unpaired) electrons. The number of ether oxygens (including phenoxy) is 1. The van der Waals surface area contributed by atoms with E-state index in [4.69, 9.17) is 4.74 Å². The van der Waals surface area contributed by atoms with Crippen LogP contribution >= 0.6 is 0 Å². The van der Waals surface area contributed by atoms with Crippen molar-refractivity contribution in [2.24, 2.45) is 5.92 Å². The molecule has 4 nitrogen and oxygen atoms in total. The molecule has 0 bridgehead atoms. The molecule has 110 valence electrons. The molecule has 1 aromatic rings. The van der Waals surface area contributed by atoms with Crippen LogP contribution in [0, 0.1) is 5.92 Å². The van der Waals surface area contributed by atoms with Gasteiger partial charge in [-0.1, -0.05) is 0 Å².